The summed E-state index contributed by atoms with van der Waals surface area (Å²) < 4.78 is 10.4. The van der Waals surface area contributed by atoms with Gasteiger partial charge in [-0.3, -0.25) is 4.79 Å². The van der Waals surface area contributed by atoms with Gasteiger partial charge in [-0.05, 0) is 25.1 Å². The average molecular weight is 252 g/mol. The summed E-state index contributed by atoms with van der Waals surface area (Å²) in [5, 5.41) is 5.62. The van der Waals surface area contributed by atoms with Crippen LogP contribution in [0, 0.1) is 0 Å². The van der Waals surface area contributed by atoms with E-state index < -0.39 is 0 Å². The van der Waals surface area contributed by atoms with Crippen LogP contribution in [0.25, 0.3) is 0 Å². The highest BCUT2D eigenvalue weighted by Crippen LogP contribution is 2.24. The van der Waals surface area contributed by atoms with Crippen LogP contribution in [0.1, 0.15) is 5.56 Å². The van der Waals surface area contributed by atoms with Gasteiger partial charge < -0.3 is 20.1 Å². The highest BCUT2D eigenvalue weighted by molar-refractivity contribution is 5.77. The molecule has 0 radical (unpaired) electrons. The van der Waals surface area contributed by atoms with E-state index in [2.05, 4.69) is 10.6 Å². The minimum Gasteiger partial charge on any atom is -0.497 e. The van der Waals surface area contributed by atoms with E-state index in [0.29, 0.717) is 13.1 Å². The SMILES string of the molecule is CNCC(=O)NCCc1ccc(OC)cc1OC. The molecular formula is C13H20N2O3. The number of rotatable bonds is 7. The number of likely N-dealkylation sites (N-methyl/N-ethyl adjacent to an activating group) is 1. The van der Waals surface area contributed by atoms with Gasteiger partial charge in [0.15, 0.2) is 0 Å². The lowest BCUT2D eigenvalue weighted by atomic mass is 10.1. The average Bonchev–Trinajstić information content (AvgIpc) is 2.39. The quantitative estimate of drug-likeness (QED) is 0.745. The van der Waals surface area contributed by atoms with Crippen LogP contribution in [0.15, 0.2) is 18.2 Å². The Labute approximate surface area is 107 Å². The number of ether oxygens (including phenoxy) is 2. The summed E-state index contributed by atoms with van der Waals surface area (Å²) in [5.41, 5.74) is 1.04. The number of amides is 1. The van der Waals surface area contributed by atoms with Crippen LogP contribution in [-0.4, -0.2) is 40.3 Å². The van der Waals surface area contributed by atoms with Gasteiger partial charge in [0.2, 0.25) is 5.91 Å². The van der Waals surface area contributed by atoms with E-state index in [4.69, 9.17) is 9.47 Å². The molecule has 0 spiro atoms. The van der Waals surface area contributed by atoms with Crippen molar-refractivity contribution in [1.82, 2.24) is 10.6 Å². The molecule has 0 aliphatic heterocycles. The van der Waals surface area contributed by atoms with Crippen LogP contribution in [0.2, 0.25) is 0 Å². The van der Waals surface area contributed by atoms with Crippen molar-refractivity contribution < 1.29 is 14.3 Å². The molecule has 0 saturated carbocycles. The molecule has 0 fully saturated rings. The molecule has 0 saturated heterocycles. The zero-order valence-electron chi connectivity index (χ0n) is 11.1. The minimum atomic E-state index is -0.00928. The third kappa shape index (κ3) is 4.25. The minimum absolute atomic E-state index is 0.00928. The fourth-order valence-electron chi connectivity index (χ4n) is 1.62. The van der Waals surface area contributed by atoms with Crippen LogP contribution in [0.3, 0.4) is 0 Å². The first kappa shape index (κ1) is 14.3. The second kappa shape index (κ2) is 7.55. The van der Waals surface area contributed by atoms with Crippen LogP contribution >= 0.6 is 0 Å². The number of methoxy groups -OCH3 is 2. The lowest BCUT2D eigenvalue weighted by molar-refractivity contribution is -0.120. The van der Waals surface area contributed by atoms with Gasteiger partial charge in [-0.2, -0.15) is 0 Å². The number of carbonyl (C=O) groups excluding carboxylic acids is 1. The third-order valence-corrected chi connectivity index (χ3v) is 2.55. The fraction of sp³-hybridized carbons (Fsp3) is 0.462. The molecule has 5 nitrogen and oxygen atoms in total. The smallest absolute Gasteiger partial charge is 0.233 e. The monoisotopic (exact) mass is 252 g/mol. The maximum atomic E-state index is 11.3. The first-order valence-electron chi connectivity index (χ1n) is 5.83. The largest absolute Gasteiger partial charge is 0.497 e. The number of hydrogen-bond donors (Lipinski definition) is 2. The van der Waals surface area contributed by atoms with E-state index >= 15 is 0 Å². The summed E-state index contributed by atoms with van der Waals surface area (Å²) in [6.07, 6.45) is 0.725. The molecule has 0 aliphatic rings. The molecule has 18 heavy (non-hydrogen) atoms. The van der Waals surface area contributed by atoms with Crippen molar-refractivity contribution in [3.05, 3.63) is 23.8 Å². The van der Waals surface area contributed by atoms with Crippen molar-refractivity contribution in [2.45, 2.75) is 6.42 Å². The molecule has 0 aliphatic carbocycles. The molecular weight excluding hydrogens is 232 g/mol. The summed E-state index contributed by atoms with van der Waals surface area (Å²) in [4.78, 5) is 11.3. The van der Waals surface area contributed by atoms with E-state index in [1.807, 2.05) is 18.2 Å². The van der Waals surface area contributed by atoms with Gasteiger partial charge in [0.1, 0.15) is 11.5 Å². The molecule has 100 valence electrons. The zero-order chi connectivity index (χ0) is 13.4. The van der Waals surface area contributed by atoms with Crippen molar-refractivity contribution in [2.75, 3.05) is 34.4 Å². The molecule has 1 rings (SSSR count). The maximum Gasteiger partial charge on any atom is 0.233 e. The van der Waals surface area contributed by atoms with Crippen molar-refractivity contribution in [1.29, 1.82) is 0 Å². The Morgan fingerprint density at radius 2 is 2.06 bits per heavy atom. The highest BCUT2D eigenvalue weighted by Gasteiger charge is 2.05. The van der Waals surface area contributed by atoms with Gasteiger partial charge in [-0.1, -0.05) is 6.07 Å². The summed E-state index contributed by atoms with van der Waals surface area (Å²) in [6, 6.07) is 5.67. The Morgan fingerprint density at radius 3 is 2.67 bits per heavy atom. The standard InChI is InChI=1S/C13H20N2O3/c1-14-9-13(16)15-7-6-10-4-5-11(17-2)8-12(10)18-3/h4-5,8,14H,6-7,9H2,1-3H3,(H,15,16). The van der Waals surface area contributed by atoms with Crippen molar-refractivity contribution >= 4 is 5.91 Å². The van der Waals surface area contributed by atoms with E-state index in [9.17, 15) is 4.79 Å². The van der Waals surface area contributed by atoms with Crippen molar-refractivity contribution in [2.24, 2.45) is 0 Å². The molecule has 5 heteroatoms. The van der Waals surface area contributed by atoms with Crippen LogP contribution in [-0.2, 0) is 11.2 Å². The Morgan fingerprint density at radius 1 is 1.28 bits per heavy atom. The number of hydrogen-bond acceptors (Lipinski definition) is 4. The first-order chi connectivity index (χ1) is 8.71. The molecule has 1 aromatic carbocycles. The molecule has 0 heterocycles. The molecule has 0 atom stereocenters. The summed E-state index contributed by atoms with van der Waals surface area (Å²) in [6.45, 7) is 0.920. The van der Waals surface area contributed by atoms with Crippen LogP contribution < -0.4 is 20.1 Å². The van der Waals surface area contributed by atoms with Gasteiger partial charge >= 0.3 is 0 Å². The van der Waals surface area contributed by atoms with Crippen LogP contribution in [0.4, 0.5) is 0 Å². The molecule has 1 amide bonds. The number of carbonyl (C=O) groups is 1. The fourth-order valence-corrected chi connectivity index (χ4v) is 1.62. The van der Waals surface area contributed by atoms with Crippen LogP contribution in [0.5, 0.6) is 11.5 Å². The van der Waals surface area contributed by atoms with Crippen molar-refractivity contribution in [3.8, 4) is 11.5 Å². The number of benzene rings is 1. The van der Waals surface area contributed by atoms with Gasteiger partial charge in [0.05, 0.1) is 20.8 Å². The van der Waals surface area contributed by atoms with E-state index in [-0.39, 0.29) is 5.91 Å². The van der Waals surface area contributed by atoms with E-state index in [1.165, 1.54) is 0 Å². The summed E-state index contributed by atoms with van der Waals surface area (Å²) in [7, 11) is 4.98. The Bertz CT molecular complexity index is 394. The lowest BCUT2D eigenvalue weighted by Gasteiger charge is -2.11. The van der Waals surface area contributed by atoms with Gasteiger partial charge in [-0.15, -0.1) is 0 Å². The molecule has 0 aromatic heterocycles. The van der Waals surface area contributed by atoms with Gasteiger partial charge in [-0.25, -0.2) is 0 Å². The summed E-state index contributed by atoms with van der Waals surface area (Å²) >= 11 is 0. The lowest BCUT2D eigenvalue weighted by Crippen LogP contribution is -2.33. The Balaban J connectivity index is 2.53. The third-order valence-electron chi connectivity index (χ3n) is 2.55. The molecule has 2 N–H and O–H groups in total. The highest BCUT2D eigenvalue weighted by atomic mass is 16.5. The molecule has 0 bridgehead atoms. The van der Waals surface area contributed by atoms with E-state index in [1.54, 1.807) is 21.3 Å². The summed E-state index contributed by atoms with van der Waals surface area (Å²) in [5.74, 6) is 1.53. The topological polar surface area (TPSA) is 59.6 Å². The second-order valence-corrected chi connectivity index (χ2v) is 3.81. The molecule has 1 aromatic rings. The normalized spacial score (nSPS) is 9.94. The number of nitrogens with one attached hydrogen (secondary N) is 2. The Kier molecular flexibility index (Phi) is 6.00. The Hall–Kier alpha value is -1.75. The van der Waals surface area contributed by atoms with Crippen molar-refractivity contribution in [3.63, 3.8) is 0 Å². The predicted molar refractivity (Wildman–Crippen MR) is 70.2 cm³/mol. The van der Waals surface area contributed by atoms with Gasteiger partial charge in [0.25, 0.3) is 0 Å². The maximum absolute atomic E-state index is 11.3. The molecule has 0 unspecified atom stereocenters. The zero-order valence-corrected chi connectivity index (χ0v) is 11.1. The van der Waals surface area contributed by atoms with E-state index in [0.717, 1.165) is 23.5 Å². The first-order valence-corrected chi connectivity index (χ1v) is 5.83. The predicted octanol–water partition coefficient (Wildman–Crippen LogP) is 0.582. The second-order valence-electron chi connectivity index (χ2n) is 3.81. The van der Waals surface area contributed by atoms with Gasteiger partial charge in [0, 0.05) is 12.6 Å².